The highest BCUT2D eigenvalue weighted by atomic mass is 32.1. The van der Waals surface area contributed by atoms with Gasteiger partial charge in [0.05, 0.1) is 5.69 Å². The van der Waals surface area contributed by atoms with Gasteiger partial charge in [-0.2, -0.15) is 0 Å². The summed E-state index contributed by atoms with van der Waals surface area (Å²) in [6, 6.07) is 0. The Bertz CT molecular complexity index is 348. The summed E-state index contributed by atoms with van der Waals surface area (Å²) in [6.07, 6.45) is 5.10. The van der Waals surface area contributed by atoms with Gasteiger partial charge in [-0.25, -0.2) is 4.98 Å². The molecule has 2 rings (SSSR count). The molecule has 0 spiro atoms. The first-order chi connectivity index (χ1) is 8.78. The third kappa shape index (κ3) is 3.45. The molecule has 0 radical (unpaired) electrons. The number of thiazole rings is 1. The van der Waals surface area contributed by atoms with Gasteiger partial charge in [0, 0.05) is 24.5 Å². The molecule has 0 bridgehead atoms. The quantitative estimate of drug-likeness (QED) is 0.784. The lowest BCUT2D eigenvalue weighted by Crippen LogP contribution is -2.24. The second-order valence-corrected chi connectivity index (χ2v) is 6.19. The maximum atomic E-state index is 4.88. The second kappa shape index (κ2) is 6.53. The monoisotopic (exact) mass is 267 g/mol. The molecule has 1 aromatic rings. The summed E-state index contributed by atoms with van der Waals surface area (Å²) in [5, 5.41) is 4.49. The molecular formula is C14H25N3S. The van der Waals surface area contributed by atoms with E-state index in [9.17, 15) is 0 Å². The molecule has 102 valence electrons. The van der Waals surface area contributed by atoms with Crippen LogP contribution in [0.3, 0.4) is 0 Å². The molecule has 0 saturated heterocycles. The summed E-state index contributed by atoms with van der Waals surface area (Å²) < 4.78 is 0. The normalized spacial score (nSPS) is 15.1. The molecule has 1 aromatic heterocycles. The number of anilines is 1. The van der Waals surface area contributed by atoms with Crippen molar-refractivity contribution in [2.24, 2.45) is 5.92 Å². The van der Waals surface area contributed by atoms with E-state index in [1.54, 1.807) is 0 Å². The summed E-state index contributed by atoms with van der Waals surface area (Å²) in [7, 11) is 2.01. The van der Waals surface area contributed by atoms with E-state index in [0.717, 1.165) is 25.4 Å². The van der Waals surface area contributed by atoms with Crippen molar-refractivity contribution >= 4 is 16.5 Å². The first-order valence-corrected chi connectivity index (χ1v) is 7.98. The highest BCUT2D eigenvalue weighted by molar-refractivity contribution is 7.15. The molecule has 1 fully saturated rings. The standard InChI is InChI=1S/C14H25N3S/c1-4-6-12-13(9-15-3)18-14(16-12)17(5-2)10-11-7-8-11/h11,15H,4-10H2,1-3H3. The van der Waals surface area contributed by atoms with Gasteiger partial charge >= 0.3 is 0 Å². The van der Waals surface area contributed by atoms with Crippen molar-refractivity contribution in [2.45, 2.75) is 46.1 Å². The van der Waals surface area contributed by atoms with Crippen LogP contribution < -0.4 is 10.2 Å². The lowest BCUT2D eigenvalue weighted by molar-refractivity contribution is 0.735. The van der Waals surface area contributed by atoms with E-state index < -0.39 is 0 Å². The number of aromatic nitrogens is 1. The van der Waals surface area contributed by atoms with E-state index in [4.69, 9.17) is 4.98 Å². The van der Waals surface area contributed by atoms with Gasteiger partial charge < -0.3 is 10.2 Å². The smallest absolute Gasteiger partial charge is 0.185 e. The third-order valence-electron chi connectivity index (χ3n) is 3.42. The van der Waals surface area contributed by atoms with Crippen molar-refractivity contribution in [2.75, 3.05) is 25.0 Å². The minimum atomic E-state index is 0.927. The summed E-state index contributed by atoms with van der Waals surface area (Å²) in [5.41, 5.74) is 1.31. The Morgan fingerprint density at radius 1 is 1.39 bits per heavy atom. The predicted molar refractivity (Wildman–Crippen MR) is 79.5 cm³/mol. The van der Waals surface area contributed by atoms with Crippen LogP contribution in [0.4, 0.5) is 5.13 Å². The van der Waals surface area contributed by atoms with Crippen molar-refractivity contribution in [1.29, 1.82) is 0 Å². The molecule has 3 nitrogen and oxygen atoms in total. The van der Waals surface area contributed by atoms with Crippen LogP contribution in [0.2, 0.25) is 0 Å². The molecule has 1 aliphatic carbocycles. The van der Waals surface area contributed by atoms with Crippen LogP contribution in [0, 0.1) is 5.92 Å². The third-order valence-corrected chi connectivity index (χ3v) is 4.58. The topological polar surface area (TPSA) is 28.2 Å². The Labute approximate surface area is 115 Å². The van der Waals surface area contributed by atoms with E-state index in [1.165, 1.54) is 41.5 Å². The van der Waals surface area contributed by atoms with Gasteiger partial charge in [-0.15, -0.1) is 11.3 Å². The van der Waals surface area contributed by atoms with E-state index in [1.807, 2.05) is 18.4 Å². The van der Waals surface area contributed by atoms with Crippen molar-refractivity contribution < 1.29 is 0 Å². The van der Waals surface area contributed by atoms with E-state index in [2.05, 4.69) is 24.1 Å². The van der Waals surface area contributed by atoms with Crippen LogP contribution in [0.1, 0.15) is 43.7 Å². The SMILES string of the molecule is CCCc1nc(N(CC)CC2CC2)sc1CNC. The minimum Gasteiger partial charge on any atom is -0.348 e. The highest BCUT2D eigenvalue weighted by Crippen LogP contribution is 2.33. The highest BCUT2D eigenvalue weighted by Gasteiger charge is 2.25. The van der Waals surface area contributed by atoms with Gasteiger partial charge in [0.2, 0.25) is 0 Å². The molecular weight excluding hydrogens is 242 g/mol. The minimum absolute atomic E-state index is 0.927. The second-order valence-electron chi connectivity index (χ2n) is 5.13. The molecule has 0 atom stereocenters. The van der Waals surface area contributed by atoms with E-state index in [-0.39, 0.29) is 0 Å². The predicted octanol–water partition coefficient (Wildman–Crippen LogP) is 3.05. The Morgan fingerprint density at radius 2 is 2.17 bits per heavy atom. The summed E-state index contributed by atoms with van der Waals surface area (Å²) >= 11 is 1.88. The summed E-state index contributed by atoms with van der Waals surface area (Å²) in [6.45, 7) is 7.70. The fourth-order valence-corrected chi connectivity index (χ4v) is 3.38. The number of aryl methyl sites for hydroxylation is 1. The summed E-state index contributed by atoms with van der Waals surface area (Å²) in [4.78, 5) is 8.75. The first kappa shape index (κ1) is 13.8. The van der Waals surface area contributed by atoms with Crippen LogP contribution >= 0.6 is 11.3 Å². The van der Waals surface area contributed by atoms with Crippen LogP contribution in [0.5, 0.6) is 0 Å². The van der Waals surface area contributed by atoms with Gasteiger partial charge in [0.15, 0.2) is 5.13 Å². The largest absolute Gasteiger partial charge is 0.348 e. The lowest BCUT2D eigenvalue weighted by atomic mass is 10.2. The molecule has 0 aromatic carbocycles. The number of rotatable bonds is 8. The molecule has 18 heavy (non-hydrogen) atoms. The molecule has 1 saturated carbocycles. The van der Waals surface area contributed by atoms with Crippen LogP contribution in [-0.2, 0) is 13.0 Å². The Morgan fingerprint density at radius 3 is 2.72 bits per heavy atom. The Kier molecular flexibility index (Phi) is 5.01. The molecule has 1 heterocycles. The number of nitrogens with zero attached hydrogens (tertiary/aromatic N) is 2. The number of hydrogen-bond acceptors (Lipinski definition) is 4. The van der Waals surface area contributed by atoms with Gasteiger partial charge in [-0.1, -0.05) is 13.3 Å². The zero-order valence-electron chi connectivity index (χ0n) is 11.8. The lowest BCUT2D eigenvalue weighted by Gasteiger charge is -2.19. The van der Waals surface area contributed by atoms with Crippen LogP contribution in [0.25, 0.3) is 0 Å². The first-order valence-electron chi connectivity index (χ1n) is 7.16. The van der Waals surface area contributed by atoms with E-state index >= 15 is 0 Å². The summed E-state index contributed by atoms with van der Waals surface area (Å²) in [5.74, 6) is 0.927. The number of hydrogen-bond donors (Lipinski definition) is 1. The maximum Gasteiger partial charge on any atom is 0.185 e. The Hall–Kier alpha value is -0.610. The van der Waals surface area contributed by atoms with Crippen molar-refractivity contribution in [3.63, 3.8) is 0 Å². The average molecular weight is 267 g/mol. The van der Waals surface area contributed by atoms with Gasteiger partial charge in [-0.3, -0.25) is 0 Å². The van der Waals surface area contributed by atoms with Crippen LogP contribution in [-0.4, -0.2) is 25.1 Å². The molecule has 0 aliphatic heterocycles. The zero-order valence-corrected chi connectivity index (χ0v) is 12.6. The molecule has 0 amide bonds. The van der Waals surface area contributed by atoms with Crippen LogP contribution in [0.15, 0.2) is 0 Å². The van der Waals surface area contributed by atoms with Crippen molar-refractivity contribution in [1.82, 2.24) is 10.3 Å². The van der Waals surface area contributed by atoms with Gasteiger partial charge in [0.1, 0.15) is 0 Å². The van der Waals surface area contributed by atoms with Crippen molar-refractivity contribution in [3.8, 4) is 0 Å². The zero-order chi connectivity index (χ0) is 13.0. The molecule has 1 aliphatic rings. The average Bonchev–Trinajstić information content (AvgIpc) is 3.10. The van der Waals surface area contributed by atoms with E-state index in [0.29, 0.717) is 0 Å². The molecule has 0 unspecified atom stereocenters. The maximum absolute atomic E-state index is 4.88. The molecule has 1 N–H and O–H groups in total. The molecule has 4 heteroatoms. The fourth-order valence-electron chi connectivity index (χ4n) is 2.19. The Balaban J connectivity index is 2.11. The van der Waals surface area contributed by atoms with Crippen molar-refractivity contribution in [3.05, 3.63) is 10.6 Å². The number of nitrogens with one attached hydrogen (secondary N) is 1. The van der Waals surface area contributed by atoms with Gasteiger partial charge in [-0.05, 0) is 39.2 Å². The fraction of sp³-hybridized carbons (Fsp3) is 0.786. The van der Waals surface area contributed by atoms with Gasteiger partial charge in [0.25, 0.3) is 0 Å².